The minimum absolute atomic E-state index is 0.876. The SMILES string of the molecule is CCCCCCCCc1ccc(Oc2cccc(Oc3ccc(CCCCCCCC)cc3)c2-c2cc[c]([Sn]([CH2]CCC)([CH2]CCC)[CH2]CCC)s2)cc1. The zero-order valence-corrected chi connectivity index (χ0v) is 38.7. The predicted molar refractivity (Wildman–Crippen MR) is 241 cm³/mol. The number of ether oxygens (including phenoxy) is 2. The van der Waals surface area contributed by atoms with Gasteiger partial charge in [0.2, 0.25) is 0 Å². The fourth-order valence-electron chi connectivity index (χ4n) is 7.89. The number of thiophene rings is 1. The van der Waals surface area contributed by atoms with Gasteiger partial charge in [-0.25, -0.2) is 0 Å². The Balaban J connectivity index is 1.61. The summed E-state index contributed by atoms with van der Waals surface area (Å²) < 4.78 is 19.8. The molecule has 1 heterocycles. The summed E-state index contributed by atoms with van der Waals surface area (Å²) in [5.74, 6) is 3.53. The Bertz CT molecular complexity index is 1450. The zero-order chi connectivity index (χ0) is 38.3. The quantitative estimate of drug-likeness (QED) is 0.0400. The molecule has 0 aliphatic rings. The molecule has 0 fully saturated rings. The number of aryl methyl sites for hydroxylation is 2. The molecule has 3 aromatic carbocycles. The Labute approximate surface area is 339 Å². The first kappa shape index (κ1) is 44.5. The van der Waals surface area contributed by atoms with Crippen molar-refractivity contribution in [1.82, 2.24) is 0 Å². The number of hydrogen-bond donors (Lipinski definition) is 0. The van der Waals surface area contributed by atoms with Crippen molar-refractivity contribution in [2.45, 2.75) is 176 Å². The summed E-state index contributed by atoms with van der Waals surface area (Å²) in [7, 11) is 0. The minimum atomic E-state index is -2.61. The molecular formula is C50H74O2SSn. The van der Waals surface area contributed by atoms with Crippen LogP contribution >= 0.6 is 11.3 Å². The molecule has 0 radical (unpaired) electrons. The van der Waals surface area contributed by atoms with E-state index in [1.54, 1.807) is 2.89 Å². The number of hydrogen-bond acceptors (Lipinski definition) is 3. The van der Waals surface area contributed by atoms with Gasteiger partial charge in [0.15, 0.2) is 0 Å². The van der Waals surface area contributed by atoms with Crippen LogP contribution in [-0.2, 0) is 12.8 Å². The van der Waals surface area contributed by atoms with E-state index in [1.807, 2.05) is 0 Å². The molecule has 296 valence electrons. The summed E-state index contributed by atoms with van der Waals surface area (Å²) in [5, 5.41) is 0. The number of benzene rings is 3. The van der Waals surface area contributed by atoms with Crippen molar-refractivity contribution in [2.75, 3.05) is 0 Å². The summed E-state index contributed by atoms with van der Waals surface area (Å²) in [6.45, 7) is 11.7. The normalized spacial score (nSPS) is 11.6. The van der Waals surface area contributed by atoms with Crippen molar-refractivity contribution in [1.29, 1.82) is 0 Å². The molecule has 0 saturated carbocycles. The summed E-state index contributed by atoms with van der Waals surface area (Å²) in [6, 6.07) is 29.0. The molecular weight excluding hydrogens is 783 g/mol. The molecule has 0 aliphatic heterocycles. The van der Waals surface area contributed by atoms with Crippen molar-refractivity contribution >= 4 is 32.6 Å². The van der Waals surface area contributed by atoms with Gasteiger partial charge in [0.05, 0.1) is 0 Å². The predicted octanol–water partition coefficient (Wildman–Crippen LogP) is 16.9. The van der Waals surface area contributed by atoms with E-state index in [2.05, 4.69) is 125 Å². The van der Waals surface area contributed by atoms with Crippen LogP contribution in [0.4, 0.5) is 0 Å². The maximum atomic E-state index is 6.80. The first-order valence-electron chi connectivity index (χ1n) is 22.3. The van der Waals surface area contributed by atoms with Crippen LogP contribution in [0.5, 0.6) is 23.0 Å². The van der Waals surface area contributed by atoms with Gasteiger partial charge in [0.25, 0.3) is 0 Å². The standard InChI is InChI=1S/C38H47O2S.3C4H9.Sn/c1-3-5-7-9-11-13-17-31-22-26-33(27-23-31)39-35-19-15-20-36(38(35)37-21-16-30-41-37)40-34-28-24-32(25-29-34)18-14-12-10-8-6-4-2;3*1-3-4-2;/h15-16,19-29H,3-14,17-18H2,1-2H3;3*1,3-4H2,2H3;. The molecule has 0 aliphatic carbocycles. The van der Waals surface area contributed by atoms with E-state index in [9.17, 15) is 0 Å². The number of unbranched alkanes of at least 4 members (excludes halogenated alkanes) is 13. The third-order valence-corrected chi connectivity index (χ3v) is 30.7. The van der Waals surface area contributed by atoms with Crippen molar-refractivity contribution < 1.29 is 9.47 Å². The zero-order valence-electron chi connectivity index (χ0n) is 35.0. The van der Waals surface area contributed by atoms with Gasteiger partial charge in [-0.15, -0.1) is 0 Å². The van der Waals surface area contributed by atoms with Gasteiger partial charge >= 0.3 is 264 Å². The van der Waals surface area contributed by atoms with Gasteiger partial charge in [-0.2, -0.15) is 0 Å². The molecule has 0 spiro atoms. The van der Waals surface area contributed by atoms with Crippen molar-refractivity contribution in [3.63, 3.8) is 0 Å². The fourth-order valence-corrected chi connectivity index (χ4v) is 28.1. The third kappa shape index (κ3) is 14.7. The first-order chi connectivity index (χ1) is 26.5. The Morgan fingerprint density at radius 3 is 1.26 bits per heavy atom. The van der Waals surface area contributed by atoms with Crippen LogP contribution in [0.1, 0.15) is 161 Å². The molecule has 0 unspecified atom stereocenters. The third-order valence-electron chi connectivity index (χ3n) is 11.3. The average Bonchev–Trinajstić information content (AvgIpc) is 3.69. The van der Waals surface area contributed by atoms with E-state index in [4.69, 9.17) is 9.47 Å². The average molecular weight is 858 g/mol. The molecule has 4 heteroatoms. The summed E-state index contributed by atoms with van der Waals surface area (Å²) in [5.41, 5.74) is 3.88. The molecule has 0 amide bonds. The summed E-state index contributed by atoms with van der Waals surface area (Å²) in [4.78, 5) is 1.28. The van der Waals surface area contributed by atoms with Crippen LogP contribution in [0.25, 0.3) is 10.4 Å². The number of rotatable bonds is 29. The monoisotopic (exact) mass is 858 g/mol. The molecule has 0 atom stereocenters. The molecule has 54 heavy (non-hydrogen) atoms. The second kappa shape index (κ2) is 25.8. The Kier molecular flexibility index (Phi) is 21.3. The van der Waals surface area contributed by atoms with Gasteiger partial charge in [0, 0.05) is 0 Å². The van der Waals surface area contributed by atoms with Gasteiger partial charge in [-0.3, -0.25) is 0 Å². The van der Waals surface area contributed by atoms with E-state index in [1.165, 1.54) is 145 Å². The Morgan fingerprint density at radius 2 is 0.833 bits per heavy atom. The second-order valence-corrected chi connectivity index (χ2v) is 31.2. The summed E-state index contributed by atoms with van der Waals surface area (Å²) >= 11 is -0.548. The fraction of sp³-hybridized carbons (Fsp3) is 0.560. The van der Waals surface area contributed by atoms with Gasteiger partial charge in [-0.05, 0) is 0 Å². The van der Waals surface area contributed by atoms with Crippen LogP contribution in [0, 0.1) is 0 Å². The molecule has 1 aromatic heterocycles. The molecule has 0 bridgehead atoms. The Morgan fingerprint density at radius 1 is 0.426 bits per heavy atom. The maximum absolute atomic E-state index is 6.80. The molecule has 0 saturated heterocycles. The second-order valence-electron chi connectivity index (χ2n) is 15.9. The van der Waals surface area contributed by atoms with Crippen LogP contribution in [0.15, 0.2) is 78.9 Å². The first-order valence-corrected chi connectivity index (χ1v) is 30.6. The van der Waals surface area contributed by atoms with Crippen molar-refractivity contribution in [2.24, 2.45) is 0 Å². The Hall–Kier alpha value is -2.24. The molecule has 0 N–H and O–H groups in total. The van der Waals surface area contributed by atoms with E-state index >= 15 is 0 Å². The van der Waals surface area contributed by atoms with Crippen LogP contribution in [0.2, 0.25) is 13.3 Å². The van der Waals surface area contributed by atoms with Gasteiger partial charge in [0.1, 0.15) is 0 Å². The van der Waals surface area contributed by atoms with Gasteiger partial charge in [-0.1, -0.05) is 78.1 Å². The molecule has 4 aromatic rings. The molecule has 4 rings (SSSR count). The van der Waals surface area contributed by atoms with Crippen LogP contribution in [-0.4, -0.2) is 18.4 Å². The topological polar surface area (TPSA) is 18.5 Å². The summed E-state index contributed by atoms with van der Waals surface area (Å²) in [6.07, 6.45) is 26.2. The van der Waals surface area contributed by atoms with Crippen molar-refractivity contribution in [3.8, 4) is 33.4 Å². The van der Waals surface area contributed by atoms with Crippen LogP contribution in [0.3, 0.4) is 0 Å². The van der Waals surface area contributed by atoms with Crippen molar-refractivity contribution in [3.05, 3.63) is 90.0 Å². The van der Waals surface area contributed by atoms with Gasteiger partial charge < -0.3 is 0 Å². The van der Waals surface area contributed by atoms with E-state index < -0.39 is 18.4 Å². The molecule has 2 nitrogen and oxygen atoms in total. The van der Waals surface area contributed by atoms with E-state index in [0.29, 0.717) is 0 Å². The van der Waals surface area contributed by atoms with E-state index in [-0.39, 0.29) is 0 Å². The van der Waals surface area contributed by atoms with E-state index in [0.717, 1.165) is 41.4 Å². The van der Waals surface area contributed by atoms with Crippen LogP contribution < -0.4 is 12.4 Å².